The molecule has 1 aromatic heterocycles. The van der Waals surface area contributed by atoms with E-state index in [0.29, 0.717) is 0 Å². The van der Waals surface area contributed by atoms with Gasteiger partial charge in [0, 0.05) is 38.9 Å². The summed E-state index contributed by atoms with van der Waals surface area (Å²) in [5.74, 6) is 0. The fraction of sp³-hybridized carbons (Fsp3) is 0.164. The zero-order chi connectivity index (χ0) is 46.6. The van der Waals surface area contributed by atoms with Crippen molar-refractivity contribution in [1.82, 2.24) is 4.57 Å². The molecule has 0 amide bonds. The molecule has 334 valence electrons. The van der Waals surface area contributed by atoms with Crippen LogP contribution >= 0.6 is 0 Å². The second kappa shape index (κ2) is 15.7. The summed E-state index contributed by atoms with van der Waals surface area (Å²) in [6.07, 6.45) is 4.12. The predicted octanol–water partition coefficient (Wildman–Crippen LogP) is 18.4. The molecule has 69 heavy (non-hydrogen) atoms. The van der Waals surface area contributed by atoms with E-state index in [1.807, 2.05) is 0 Å². The normalized spacial score (nSPS) is 13.7. The minimum absolute atomic E-state index is 0.101. The highest BCUT2D eigenvalue weighted by Gasteiger charge is 2.41. The number of nitrogens with zero attached hydrogens (tertiary/aromatic N) is 2. The van der Waals surface area contributed by atoms with Crippen molar-refractivity contribution in [3.05, 3.63) is 228 Å². The number of fused-ring (bicyclic) bond motifs is 6. The molecule has 0 aliphatic heterocycles. The summed E-state index contributed by atoms with van der Waals surface area (Å²) in [7, 11) is 0. The molecule has 1 heterocycles. The smallest absolute Gasteiger partial charge is 0.0541 e. The van der Waals surface area contributed by atoms with Gasteiger partial charge < -0.3 is 9.47 Å². The quantitative estimate of drug-likeness (QED) is 0.138. The van der Waals surface area contributed by atoms with Crippen LogP contribution in [-0.2, 0) is 23.7 Å². The minimum Gasteiger partial charge on any atom is -0.310 e. The molecular weight excluding hydrogens is 833 g/mol. The molecule has 2 aliphatic rings. The number of rotatable bonds is 8. The van der Waals surface area contributed by atoms with Crippen LogP contribution in [0, 0.1) is 0 Å². The van der Waals surface area contributed by atoms with E-state index in [4.69, 9.17) is 0 Å². The highest BCUT2D eigenvalue weighted by atomic mass is 15.1. The molecule has 0 fully saturated rings. The first kappa shape index (κ1) is 41.5. The summed E-state index contributed by atoms with van der Waals surface area (Å²) in [5.41, 5.74) is 22.3. The van der Waals surface area contributed by atoms with E-state index in [-0.39, 0.29) is 10.8 Å². The fourth-order valence-corrected chi connectivity index (χ4v) is 12.6. The lowest BCUT2D eigenvalue weighted by atomic mass is 9.73. The van der Waals surface area contributed by atoms with Gasteiger partial charge in [0.1, 0.15) is 0 Å². The standard InChI is InChI=1S/C67H56N2/c1-6-67(7-2)60-41-46(26-35-54(60)55-38-32-51(42-61(55)67)68(48-16-10-8-11-17-48)49-18-12-9-13-19-49)53-34-23-44-24-36-57-52(33-22-43-25-37-58(53)65(44)64(43)57)45-27-39-63-59(40-45)56-20-14-15-21-62(56)69(63)50-30-28-47(29-31-50)66(3,4)5/h8-23,25-35,37-42H,6-7,24,36H2,1-5H3. The van der Waals surface area contributed by atoms with Gasteiger partial charge in [0.25, 0.3) is 0 Å². The lowest BCUT2D eigenvalue weighted by Gasteiger charge is -2.32. The largest absolute Gasteiger partial charge is 0.310 e. The van der Waals surface area contributed by atoms with E-state index in [1.165, 1.54) is 116 Å². The topological polar surface area (TPSA) is 8.17 Å². The molecule has 10 aromatic carbocycles. The number of benzene rings is 10. The third kappa shape index (κ3) is 6.31. The van der Waals surface area contributed by atoms with E-state index in [0.717, 1.165) is 37.1 Å². The third-order valence-corrected chi connectivity index (χ3v) is 16.1. The van der Waals surface area contributed by atoms with Gasteiger partial charge in [0.15, 0.2) is 0 Å². The van der Waals surface area contributed by atoms with Gasteiger partial charge in [-0.2, -0.15) is 0 Å². The lowest BCUT2D eigenvalue weighted by Crippen LogP contribution is -2.23. The minimum atomic E-state index is -0.101. The summed E-state index contributed by atoms with van der Waals surface area (Å²) in [6.45, 7) is 11.6. The van der Waals surface area contributed by atoms with Crippen molar-refractivity contribution in [2.75, 3.05) is 4.90 Å². The average Bonchev–Trinajstić information content (AvgIpc) is 3.87. The summed E-state index contributed by atoms with van der Waals surface area (Å²) in [4.78, 5) is 2.40. The van der Waals surface area contributed by atoms with Crippen molar-refractivity contribution in [2.45, 2.75) is 71.1 Å². The first-order chi connectivity index (χ1) is 33.7. The molecule has 11 aromatic rings. The second-order valence-corrected chi connectivity index (χ2v) is 20.6. The Morgan fingerprint density at radius 3 is 1.80 bits per heavy atom. The van der Waals surface area contributed by atoms with Crippen LogP contribution in [-0.4, -0.2) is 4.57 Å². The molecule has 0 radical (unpaired) electrons. The molecule has 2 heteroatoms. The molecule has 0 saturated heterocycles. The molecule has 0 N–H and O–H groups in total. The van der Waals surface area contributed by atoms with Gasteiger partial charge in [0.05, 0.1) is 11.0 Å². The van der Waals surface area contributed by atoms with Gasteiger partial charge in [-0.1, -0.05) is 162 Å². The van der Waals surface area contributed by atoms with E-state index < -0.39 is 0 Å². The first-order valence-electron chi connectivity index (χ1n) is 25.1. The van der Waals surface area contributed by atoms with Crippen molar-refractivity contribution < 1.29 is 0 Å². The van der Waals surface area contributed by atoms with Gasteiger partial charge in [-0.25, -0.2) is 0 Å². The SMILES string of the molecule is CCC1(CC)c2cc(-c3ccc4c5c3ccc3ccc(-c6ccc7c(c6)c6ccccc6n7-c6ccc(C(C)(C)C)cc6)c(c35)CC4)ccc2-c2ccc(N(c3ccccc3)c3ccccc3)cc21. The Balaban J connectivity index is 0.922. The molecule has 0 atom stereocenters. The molecule has 0 unspecified atom stereocenters. The van der Waals surface area contributed by atoms with Crippen molar-refractivity contribution in [3.63, 3.8) is 0 Å². The number of aryl methyl sites for hydroxylation is 2. The van der Waals surface area contributed by atoms with Gasteiger partial charge in [-0.3, -0.25) is 0 Å². The van der Waals surface area contributed by atoms with Crippen LogP contribution in [0.5, 0.6) is 0 Å². The van der Waals surface area contributed by atoms with Gasteiger partial charge >= 0.3 is 0 Å². The van der Waals surface area contributed by atoms with E-state index in [2.05, 4.69) is 244 Å². The first-order valence-corrected chi connectivity index (χ1v) is 25.1. The van der Waals surface area contributed by atoms with Gasteiger partial charge in [-0.15, -0.1) is 0 Å². The van der Waals surface area contributed by atoms with Crippen LogP contribution in [0.3, 0.4) is 0 Å². The Kier molecular flexibility index (Phi) is 9.44. The maximum absolute atomic E-state index is 2.56. The molecule has 2 aliphatic carbocycles. The van der Waals surface area contributed by atoms with Crippen LogP contribution in [0.2, 0.25) is 0 Å². The number of hydrogen-bond donors (Lipinski definition) is 0. The van der Waals surface area contributed by atoms with Crippen molar-refractivity contribution in [2.24, 2.45) is 0 Å². The fourth-order valence-electron chi connectivity index (χ4n) is 12.6. The molecule has 0 saturated carbocycles. The van der Waals surface area contributed by atoms with Crippen molar-refractivity contribution in [1.29, 1.82) is 0 Å². The molecule has 13 rings (SSSR count). The second-order valence-electron chi connectivity index (χ2n) is 20.6. The lowest BCUT2D eigenvalue weighted by molar-refractivity contribution is 0.490. The number of aromatic nitrogens is 1. The monoisotopic (exact) mass is 888 g/mol. The zero-order valence-electron chi connectivity index (χ0n) is 40.3. The summed E-state index contributed by atoms with van der Waals surface area (Å²) >= 11 is 0. The number of anilines is 3. The Labute approximate surface area is 406 Å². The van der Waals surface area contributed by atoms with Gasteiger partial charge in [0.2, 0.25) is 0 Å². The van der Waals surface area contributed by atoms with Gasteiger partial charge in [-0.05, 0) is 187 Å². The Hall–Kier alpha value is -7.68. The summed E-state index contributed by atoms with van der Waals surface area (Å²) in [5, 5.41) is 8.11. The van der Waals surface area contributed by atoms with E-state index in [1.54, 1.807) is 0 Å². The number of hydrogen-bond acceptors (Lipinski definition) is 1. The van der Waals surface area contributed by atoms with Crippen molar-refractivity contribution in [3.8, 4) is 39.1 Å². The van der Waals surface area contributed by atoms with Crippen molar-refractivity contribution >= 4 is 60.4 Å². The van der Waals surface area contributed by atoms with Crippen LogP contribution in [0.4, 0.5) is 17.1 Å². The highest BCUT2D eigenvalue weighted by molar-refractivity contribution is 6.17. The van der Waals surface area contributed by atoms with E-state index >= 15 is 0 Å². The third-order valence-electron chi connectivity index (χ3n) is 16.1. The summed E-state index contributed by atoms with van der Waals surface area (Å²) < 4.78 is 2.44. The van der Waals surface area contributed by atoms with E-state index in [9.17, 15) is 0 Å². The average molecular weight is 889 g/mol. The number of para-hydroxylation sites is 3. The Bertz CT molecular complexity index is 3790. The molecule has 2 nitrogen and oxygen atoms in total. The maximum atomic E-state index is 2.56. The van der Waals surface area contributed by atoms with Crippen LogP contribution in [0.1, 0.15) is 75.3 Å². The summed E-state index contributed by atoms with van der Waals surface area (Å²) in [6, 6.07) is 75.8. The Morgan fingerprint density at radius 1 is 0.464 bits per heavy atom. The zero-order valence-corrected chi connectivity index (χ0v) is 40.3. The highest BCUT2D eigenvalue weighted by Crippen LogP contribution is 2.55. The molecular formula is C67H56N2. The predicted molar refractivity (Wildman–Crippen MR) is 294 cm³/mol. The molecule has 0 spiro atoms. The van der Waals surface area contributed by atoms with Crippen LogP contribution in [0.25, 0.3) is 82.4 Å². The van der Waals surface area contributed by atoms with Crippen LogP contribution < -0.4 is 4.90 Å². The maximum Gasteiger partial charge on any atom is 0.0541 e. The van der Waals surface area contributed by atoms with Crippen LogP contribution in [0.15, 0.2) is 200 Å². The molecule has 0 bridgehead atoms. The Morgan fingerprint density at radius 2 is 1.07 bits per heavy atom.